The van der Waals surface area contributed by atoms with Crippen LogP contribution in [0.15, 0.2) is 60.8 Å². The lowest BCUT2D eigenvalue weighted by atomic mass is 10.2. The van der Waals surface area contributed by atoms with Gasteiger partial charge in [0.05, 0.1) is 9.09 Å². The normalized spacial score (nSPS) is 10.5. The third kappa shape index (κ3) is 2.18. The number of pyridine rings is 1. The SMILES string of the molecule is Ic1ccccc1Oc1ccnc2ccccc12. The van der Waals surface area contributed by atoms with Crippen molar-refractivity contribution < 1.29 is 4.74 Å². The number of hydrogen-bond donors (Lipinski definition) is 0. The molecule has 0 aliphatic carbocycles. The van der Waals surface area contributed by atoms with E-state index in [1.165, 1.54) is 0 Å². The second-order valence-electron chi connectivity index (χ2n) is 3.86. The minimum atomic E-state index is 0.838. The van der Waals surface area contributed by atoms with Gasteiger partial charge >= 0.3 is 0 Å². The van der Waals surface area contributed by atoms with Crippen molar-refractivity contribution in [1.82, 2.24) is 4.98 Å². The molecule has 3 aromatic rings. The van der Waals surface area contributed by atoms with E-state index in [2.05, 4.69) is 27.6 Å². The molecule has 0 N–H and O–H groups in total. The minimum absolute atomic E-state index is 0.838. The van der Waals surface area contributed by atoms with E-state index in [1.54, 1.807) is 6.20 Å². The van der Waals surface area contributed by atoms with Gasteiger partial charge in [0, 0.05) is 11.6 Å². The molecule has 0 saturated heterocycles. The van der Waals surface area contributed by atoms with Crippen molar-refractivity contribution in [3.8, 4) is 11.5 Å². The van der Waals surface area contributed by atoms with Gasteiger partial charge in [-0.3, -0.25) is 4.98 Å². The first-order chi connectivity index (χ1) is 8.84. The zero-order valence-electron chi connectivity index (χ0n) is 9.51. The molecule has 0 spiro atoms. The van der Waals surface area contributed by atoms with Crippen LogP contribution in [-0.2, 0) is 0 Å². The maximum atomic E-state index is 5.97. The van der Waals surface area contributed by atoms with Gasteiger partial charge in [0.2, 0.25) is 0 Å². The standard InChI is InChI=1S/C15H10INO/c16-12-6-2-4-8-15(12)18-14-9-10-17-13-7-3-1-5-11(13)14/h1-10H. The fourth-order valence-electron chi connectivity index (χ4n) is 1.80. The van der Waals surface area contributed by atoms with E-state index in [9.17, 15) is 0 Å². The van der Waals surface area contributed by atoms with Crippen LogP contribution in [0, 0.1) is 3.57 Å². The van der Waals surface area contributed by atoms with E-state index in [0.717, 1.165) is 26.0 Å². The van der Waals surface area contributed by atoms with Gasteiger partial charge < -0.3 is 4.74 Å². The number of aromatic nitrogens is 1. The van der Waals surface area contributed by atoms with Crippen molar-refractivity contribution >= 4 is 33.5 Å². The molecule has 2 nitrogen and oxygen atoms in total. The van der Waals surface area contributed by atoms with Crippen LogP contribution in [0.2, 0.25) is 0 Å². The summed E-state index contributed by atoms with van der Waals surface area (Å²) in [5, 5.41) is 1.03. The summed E-state index contributed by atoms with van der Waals surface area (Å²) in [7, 11) is 0. The van der Waals surface area contributed by atoms with Crippen LogP contribution in [0.3, 0.4) is 0 Å². The molecule has 0 aliphatic heterocycles. The molecule has 0 radical (unpaired) electrons. The van der Waals surface area contributed by atoms with Crippen molar-refractivity contribution in [2.75, 3.05) is 0 Å². The highest BCUT2D eigenvalue weighted by Gasteiger charge is 2.05. The third-order valence-corrected chi connectivity index (χ3v) is 3.56. The zero-order valence-corrected chi connectivity index (χ0v) is 11.7. The van der Waals surface area contributed by atoms with E-state index in [-0.39, 0.29) is 0 Å². The van der Waals surface area contributed by atoms with Crippen molar-refractivity contribution in [3.63, 3.8) is 0 Å². The van der Waals surface area contributed by atoms with Gasteiger partial charge in [-0.25, -0.2) is 0 Å². The van der Waals surface area contributed by atoms with Crippen molar-refractivity contribution in [3.05, 3.63) is 64.4 Å². The van der Waals surface area contributed by atoms with Crippen LogP contribution >= 0.6 is 22.6 Å². The number of ether oxygens (including phenoxy) is 1. The van der Waals surface area contributed by atoms with Crippen LogP contribution < -0.4 is 4.74 Å². The van der Waals surface area contributed by atoms with Gasteiger partial charge in [-0.2, -0.15) is 0 Å². The first kappa shape index (κ1) is 11.5. The van der Waals surface area contributed by atoms with E-state index in [4.69, 9.17) is 4.74 Å². The first-order valence-electron chi connectivity index (χ1n) is 5.61. The average molecular weight is 347 g/mol. The van der Waals surface area contributed by atoms with Crippen LogP contribution in [0.25, 0.3) is 10.9 Å². The number of fused-ring (bicyclic) bond motifs is 1. The maximum Gasteiger partial charge on any atom is 0.140 e. The summed E-state index contributed by atoms with van der Waals surface area (Å²) in [5.74, 6) is 1.71. The predicted octanol–water partition coefficient (Wildman–Crippen LogP) is 4.63. The zero-order chi connectivity index (χ0) is 12.4. The number of benzene rings is 2. The molecule has 0 unspecified atom stereocenters. The molecule has 3 heteroatoms. The van der Waals surface area contributed by atoms with Crippen molar-refractivity contribution in [1.29, 1.82) is 0 Å². The Morgan fingerprint density at radius 2 is 1.61 bits per heavy atom. The molecule has 0 saturated carbocycles. The topological polar surface area (TPSA) is 22.1 Å². The number of hydrogen-bond acceptors (Lipinski definition) is 2. The molecule has 0 amide bonds. The molecule has 18 heavy (non-hydrogen) atoms. The summed E-state index contributed by atoms with van der Waals surface area (Å²) in [6, 6.07) is 17.8. The number of rotatable bonds is 2. The Balaban J connectivity index is 2.08. The predicted molar refractivity (Wildman–Crippen MR) is 81.0 cm³/mol. The van der Waals surface area contributed by atoms with Gasteiger partial charge in [-0.05, 0) is 52.9 Å². The Bertz CT molecular complexity index is 691. The van der Waals surface area contributed by atoms with Gasteiger partial charge in [-0.15, -0.1) is 0 Å². The average Bonchev–Trinajstić information content (AvgIpc) is 2.42. The summed E-state index contributed by atoms with van der Waals surface area (Å²) in [6.45, 7) is 0. The lowest BCUT2D eigenvalue weighted by molar-refractivity contribution is 0.484. The third-order valence-electron chi connectivity index (χ3n) is 2.67. The highest BCUT2D eigenvalue weighted by Crippen LogP contribution is 2.30. The molecule has 88 valence electrons. The monoisotopic (exact) mass is 347 g/mol. The summed E-state index contributed by atoms with van der Waals surface area (Å²) in [5.41, 5.74) is 0.945. The molecule has 3 rings (SSSR count). The second-order valence-corrected chi connectivity index (χ2v) is 5.02. The Hall–Kier alpha value is -1.62. The van der Waals surface area contributed by atoms with Gasteiger partial charge in [0.1, 0.15) is 11.5 Å². The first-order valence-corrected chi connectivity index (χ1v) is 6.68. The number of halogens is 1. The second kappa shape index (κ2) is 4.94. The van der Waals surface area contributed by atoms with Crippen molar-refractivity contribution in [2.45, 2.75) is 0 Å². The summed E-state index contributed by atoms with van der Waals surface area (Å²) in [6.07, 6.45) is 1.77. The number of para-hydroxylation sites is 2. The Morgan fingerprint density at radius 1 is 0.833 bits per heavy atom. The molecular weight excluding hydrogens is 337 g/mol. The van der Waals surface area contributed by atoms with E-state index in [1.807, 2.05) is 54.6 Å². The highest BCUT2D eigenvalue weighted by molar-refractivity contribution is 14.1. The molecule has 0 aliphatic rings. The van der Waals surface area contributed by atoms with Gasteiger partial charge in [0.25, 0.3) is 0 Å². The van der Waals surface area contributed by atoms with Crippen LogP contribution in [0.1, 0.15) is 0 Å². The summed E-state index contributed by atoms with van der Waals surface area (Å²) < 4.78 is 7.07. The highest BCUT2D eigenvalue weighted by atomic mass is 127. The van der Waals surface area contributed by atoms with Gasteiger partial charge in [-0.1, -0.05) is 24.3 Å². The maximum absolute atomic E-state index is 5.97. The van der Waals surface area contributed by atoms with E-state index < -0.39 is 0 Å². The fraction of sp³-hybridized carbons (Fsp3) is 0. The lowest BCUT2D eigenvalue weighted by Crippen LogP contribution is -1.89. The molecule has 0 fully saturated rings. The van der Waals surface area contributed by atoms with Crippen LogP contribution in [0.5, 0.6) is 11.5 Å². The summed E-state index contributed by atoms with van der Waals surface area (Å²) >= 11 is 2.27. The van der Waals surface area contributed by atoms with Gasteiger partial charge in [0.15, 0.2) is 0 Å². The Labute approximate surface area is 119 Å². The summed E-state index contributed by atoms with van der Waals surface area (Å²) in [4.78, 5) is 4.32. The lowest BCUT2D eigenvalue weighted by Gasteiger charge is -2.09. The molecule has 0 atom stereocenters. The number of nitrogens with zero attached hydrogens (tertiary/aromatic N) is 1. The Kier molecular flexibility index (Phi) is 3.15. The van der Waals surface area contributed by atoms with Crippen LogP contribution in [0.4, 0.5) is 0 Å². The van der Waals surface area contributed by atoms with Crippen molar-refractivity contribution in [2.24, 2.45) is 0 Å². The largest absolute Gasteiger partial charge is 0.455 e. The molecule has 1 aromatic heterocycles. The van der Waals surface area contributed by atoms with E-state index >= 15 is 0 Å². The Morgan fingerprint density at radius 3 is 2.50 bits per heavy atom. The molecule has 0 bridgehead atoms. The molecular formula is C15H10INO. The molecule has 1 heterocycles. The molecule has 2 aromatic carbocycles. The quantitative estimate of drug-likeness (QED) is 0.631. The fourth-order valence-corrected chi connectivity index (χ4v) is 2.30. The van der Waals surface area contributed by atoms with E-state index in [0.29, 0.717) is 0 Å². The van der Waals surface area contributed by atoms with Crippen LogP contribution in [-0.4, -0.2) is 4.98 Å². The minimum Gasteiger partial charge on any atom is -0.455 e. The smallest absolute Gasteiger partial charge is 0.140 e.